The second kappa shape index (κ2) is 7.86. The number of hydrogen-bond acceptors (Lipinski definition) is 6. The standard InChI is InChI=1S/C18H19F4N3O3S/c1-10(15(23)14(19)11-4-2-3-5-11)17-24-16(25-28-17)12-6-8-13(9-7-12)29(26,27)18(20,21)22/h6-10,15H,2-5,23H2,1H3/t10?,15-/m0/s1. The Labute approximate surface area is 164 Å². The highest BCUT2D eigenvalue weighted by molar-refractivity contribution is 7.92. The highest BCUT2D eigenvalue weighted by Crippen LogP contribution is 2.33. The third-order valence-corrected chi connectivity index (χ3v) is 6.44. The molecule has 1 aliphatic rings. The van der Waals surface area contributed by atoms with Crippen LogP contribution in [-0.2, 0) is 9.84 Å². The summed E-state index contributed by atoms with van der Waals surface area (Å²) < 4.78 is 80.3. The van der Waals surface area contributed by atoms with Crippen LogP contribution >= 0.6 is 0 Å². The summed E-state index contributed by atoms with van der Waals surface area (Å²) in [5.41, 5.74) is 1.55. The Kier molecular flexibility index (Phi) is 5.81. The summed E-state index contributed by atoms with van der Waals surface area (Å²) in [6, 6.07) is 2.95. The molecular weight excluding hydrogens is 414 g/mol. The minimum atomic E-state index is -5.44. The fourth-order valence-electron chi connectivity index (χ4n) is 3.10. The third kappa shape index (κ3) is 4.20. The zero-order valence-corrected chi connectivity index (χ0v) is 16.2. The Morgan fingerprint density at radius 3 is 2.31 bits per heavy atom. The Balaban J connectivity index is 1.80. The molecule has 1 saturated carbocycles. The molecule has 1 unspecified atom stereocenters. The Bertz CT molecular complexity index is 1010. The van der Waals surface area contributed by atoms with Crippen molar-refractivity contribution in [3.63, 3.8) is 0 Å². The van der Waals surface area contributed by atoms with Crippen LogP contribution in [0.15, 0.2) is 45.1 Å². The van der Waals surface area contributed by atoms with Crippen molar-refractivity contribution in [1.29, 1.82) is 0 Å². The Morgan fingerprint density at radius 2 is 1.76 bits per heavy atom. The number of halogens is 4. The van der Waals surface area contributed by atoms with Gasteiger partial charge in [-0.25, -0.2) is 12.8 Å². The van der Waals surface area contributed by atoms with E-state index in [0.29, 0.717) is 18.4 Å². The second-order valence-corrected chi connectivity index (χ2v) is 8.84. The number of aromatic nitrogens is 2. The van der Waals surface area contributed by atoms with Crippen molar-refractivity contribution in [2.24, 2.45) is 5.73 Å². The number of benzene rings is 1. The number of sulfone groups is 1. The molecule has 1 aromatic heterocycles. The maximum Gasteiger partial charge on any atom is 0.501 e. The third-order valence-electron chi connectivity index (χ3n) is 4.93. The van der Waals surface area contributed by atoms with Crippen LogP contribution < -0.4 is 5.73 Å². The quantitative estimate of drug-likeness (QED) is 0.708. The van der Waals surface area contributed by atoms with Gasteiger partial charge >= 0.3 is 5.51 Å². The summed E-state index contributed by atoms with van der Waals surface area (Å²) in [6.07, 6.45) is 3.20. The number of nitrogens with zero attached hydrogens (tertiary/aromatic N) is 2. The number of alkyl halides is 3. The van der Waals surface area contributed by atoms with E-state index in [-0.39, 0.29) is 23.1 Å². The molecule has 29 heavy (non-hydrogen) atoms. The lowest BCUT2D eigenvalue weighted by molar-refractivity contribution is -0.0436. The first-order valence-corrected chi connectivity index (χ1v) is 10.4. The van der Waals surface area contributed by atoms with Gasteiger partial charge in [0, 0.05) is 5.56 Å². The first-order chi connectivity index (χ1) is 13.5. The van der Waals surface area contributed by atoms with Crippen LogP contribution in [0.4, 0.5) is 17.6 Å². The highest BCUT2D eigenvalue weighted by atomic mass is 32.2. The van der Waals surface area contributed by atoms with E-state index in [1.54, 1.807) is 6.92 Å². The highest BCUT2D eigenvalue weighted by Gasteiger charge is 2.46. The van der Waals surface area contributed by atoms with Crippen LogP contribution in [0.25, 0.3) is 11.4 Å². The van der Waals surface area contributed by atoms with Crippen LogP contribution in [0.1, 0.15) is 44.4 Å². The minimum absolute atomic E-state index is 0.0314. The summed E-state index contributed by atoms with van der Waals surface area (Å²) in [4.78, 5) is 3.24. The van der Waals surface area contributed by atoms with Crippen LogP contribution in [0, 0.1) is 0 Å². The van der Waals surface area contributed by atoms with Gasteiger partial charge in [0.25, 0.3) is 9.84 Å². The molecule has 1 aromatic carbocycles. The molecule has 0 bridgehead atoms. The topological polar surface area (TPSA) is 99.1 Å². The zero-order valence-electron chi connectivity index (χ0n) is 15.4. The maximum absolute atomic E-state index is 14.5. The van der Waals surface area contributed by atoms with Gasteiger partial charge < -0.3 is 10.3 Å². The van der Waals surface area contributed by atoms with Crippen LogP contribution in [0.2, 0.25) is 0 Å². The lowest BCUT2D eigenvalue weighted by Crippen LogP contribution is -2.28. The van der Waals surface area contributed by atoms with E-state index in [1.165, 1.54) is 0 Å². The molecule has 158 valence electrons. The largest absolute Gasteiger partial charge is 0.501 e. The molecule has 2 atom stereocenters. The number of nitrogens with two attached hydrogens (primary N) is 1. The lowest BCUT2D eigenvalue weighted by Gasteiger charge is -2.16. The SMILES string of the molecule is CC(c1nc(-c2ccc(S(=O)(=O)C(F)(F)F)cc2)no1)[C@H](N)C(F)=C1CCCC1. The fraction of sp³-hybridized carbons (Fsp3) is 0.444. The number of rotatable bonds is 5. The van der Waals surface area contributed by atoms with Crippen molar-refractivity contribution in [3.8, 4) is 11.4 Å². The van der Waals surface area contributed by atoms with Crippen molar-refractivity contribution < 1.29 is 30.5 Å². The van der Waals surface area contributed by atoms with Crippen molar-refractivity contribution >= 4 is 9.84 Å². The zero-order chi connectivity index (χ0) is 21.4. The molecule has 3 rings (SSSR count). The Hall–Kier alpha value is -2.27. The monoisotopic (exact) mass is 433 g/mol. The number of hydrogen-bond donors (Lipinski definition) is 1. The summed E-state index contributed by atoms with van der Waals surface area (Å²) in [5.74, 6) is -0.886. The lowest BCUT2D eigenvalue weighted by atomic mass is 9.98. The molecule has 2 N–H and O–H groups in total. The van der Waals surface area contributed by atoms with Gasteiger partial charge in [0.05, 0.1) is 16.9 Å². The van der Waals surface area contributed by atoms with E-state index in [4.69, 9.17) is 10.3 Å². The van der Waals surface area contributed by atoms with Crippen molar-refractivity contribution in [3.05, 3.63) is 41.6 Å². The molecule has 0 aliphatic heterocycles. The molecule has 6 nitrogen and oxygen atoms in total. The summed E-state index contributed by atoms with van der Waals surface area (Å²) in [7, 11) is -5.44. The fourth-order valence-corrected chi connectivity index (χ4v) is 3.87. The first kappa shape index (κ1) is 21.4. The molecule has 0 amide bonds. The predicted molar refractivity (Wildman–Crippen MR) is 96.0 cm³/mol. The molecule has 0 saturated heterocycles. The van der Waals surface area contributed by atoms with Gasteiger partial charge in [-0.1, -0.05) is 12.1 Å². The molecule has 0 spiro atoms. The van der Waals surface area contributed by atoms with Crippen molar-refractivity contribution in [1.82, 2.24) is 10.1 Å². The Morgan fingerprint density at radius 1 is 1.17 bits per heavy atom. The molecule has 0 radical (unpaired) electrons. The van der Waals surface area contributed by atoms with Crippen LogP contribution in [-0.4, -0.2) is 30.1 Å². The molecule has 2 aromatic rings. The van der Waals surface area contributed by atoms with Gasteiger partial charge in [0.15, 0.2) is 0 Å². The molecule has 11 heteroatoms. The molecule has 1 aliphatic carbocycles. The normalized spacial score (nSPS) is 17.4. The summed E-state index contributed by atoms with van der Waals surface area (Å²) in [5, 5.41) is 3.74. The van der Waals surface area contributed by atoms with E-state index in [1.807, 2.05) is 0 Å². The van der Waals surface area contributed by atoms with Gasteiger partial charge in [0.2, 0.25) is 11.7 Å². The molecular formula is C18H19F4N3O3S. The van der Waals surface area contributed by atoms with E-state index < -0.39 is 32.2 Å². The predicted octanol–water partition coefficient (Wildman–Crippen LogP) is 4.26. The summed E-state index contributed by atoms with van der Waals surface area (Å²) >= 11 is 0. The summed E-state index contributed by atoms with van der Waals surface area (Å²) in [6.45, 7) is 1.63. The van der Waals surface area contributed by atoms with Gasteiger partial charge in [-0.15, -0.1) is 0 Å². The van der Waals surface area contributed by atoms with Crippen LogP contribution in [0.5, 0.6) is 0 Å². The van der Waals surface area contributed by atoms with Gasteiger partial charge in [-0.05, 0) is 55.5 Å². The van der Waals surface area contributed by atoms with Gasteiger partial charge in [-0.3, -0.25) is 0 Å². The minimum Gasteiger partial charge on any atom is -0.339 e. The van der Waals surface area contributed by atoms with Crippen molar-refractivity contribution in [2.45, 2.75) is 55.0 Å². The first-order valence-electron chi connectivity index (χ1n) is 8.90. The second-order valence-electron chi connectivity index (χ2n) is 6.90. The number of allylic oxidation sites excluding steroid dienone is 1. The smallest absolute Gasteiger partial charge is 0.339 e. The average molecular weight is 433 g/mol. The van der Waals surface area contributed by atoms with Gasteiger partial charge in [0.1, 0.15) is 5.83 Å². The maximum atomic E-state index is 14.5. The van der Waals surface area contributed by atoms with E-state index in [0.717, 1.165) is 37.1 Å². The van der Waals surface area contributed by atoms with E-state index in [2.05, 4.69) is 10.1 Å². The van der Waals surface area contributed by atoms with E-state index in [9.17, 15) is 26.0 Å². The van der Waals surface area contributed by atoms with Crippen LogP contribution in [0.3, 0.4) is 0 Å². The van der Waals surface area contributed by atoms with E-state index >= 15 is 0 Å². The van der Waals surface area contributed by atoms with Gasteiger partial charge in [-0.2, -0.15) is 18.2 Å². The molecule has 1 fully saturated rings. The average Bonchev–Trinajstić information content (AvgIpc) is 3.37. The van der Waals surface area contributed by atoms with Crippen molar-refractivity contribution in [2.75, 3.05) is 0 Å². The molecule has 1 heterocycles.